The van der Waals surface area contributed by atoms with E-state index in [0.29, 0.717) is 0 Å². The molecule has 1 aromatic heterocycles. The first-order chi connectivity index (χ1) is 9.28. The van der Waals surface area contributed by atoms with E-state index in [-0.39, 0.29) is 0 Å². The summed E-state index contributed by atoms with van der Waals surface area (Å²) < 4.78 is 8.03. The van der Waals surface area contributed by atoms with Gasteiger partial charge in [0.2, 0.25) is 0 Å². The lowest BCUT2D eigenvalue weighted by atomic mass is 10.2. The van der Waals surface area contributed by atoms with Gasteiger partial charge in [0.15, 0.2) is 0 Å². The zero-order valence-electron chi connectivity index (χ0n) is 11.0. The number of nitrogens with one attached hydrogen (secondary N) is 1. The summed E-state index contributed by atoms with van der Waals surface area (Å²) in [6, 6.07) is 10.3. The van der Waals surface area contributed by atoms with Gasteiger partial charge in [0, 0.05) is 30.9 Å². The molecular weight excluding hydrogens is 306 g/mol. The first-order valence-electron chi connectivity index (χ1n) is 6.24. The van der Waals surface area contributed by atoms with Crippen LogP contribution >= 0.6 is 15.9 Å². The normalized spacial score (nSPS) is 10.8. The van der Waals surface area contributed by atoms with E-state index in [9.17, 15) is 0 Å². The van der Waals surface area contributed by atoms with Crippen LogP contribution in [0.3, 0.4) is 0 Å². The van der Waals surface area contributed by atoms with Gasteiger partial charge < -0.3 is 10.1 Å². The number of hydrogen-bond donors (Lipinski definition) is 1. The number of benzene rings is 1. The summed E-state index contributed by atoms with van der Waals surface area (Å²) in [4.78, 5) is 0. The lowest BCUT2D eigenvalue weighted by Gasteiger charge is -2.03. The van der Waals surface area contributed by atoms with E-state index >= 15 is 0 Å². The highest BCUT2D eigenvalue weighted by atomic mass is 79.9. The minimum atomic E-state index is 0.721. The Morgan fingerprint density at radius 3 is 3.05 bits per heavy atom. The molecule has 102 valence electrons. The lowest BCUT2D eigenvalue weighted by Crippen LogP contribution is -2.19. The van der Waals surface area contributed by atoms with Crippen molar-refractivity contribution >= 4 is 15.9 Å². The molecule has 0 spiro atoms. The van der Waals surface area contributed by atoms with E-state index in [0.717, 1.165) is 36.4 Å². The van der Waals surface area contributed by atoms with Gasteiger partial charge in [0.1, 0.15) is 0 Å². The van der Waals surface area contributed by atoms with E-state index in [1.165, 1.54) is 5.56 Å². The molecule has 1 aromatic carbocycles. The largest absolute Gasteiger partial charge is 0.383 e. The molecule has 0 bridgehead atoms. The Morgan fingerprint density at radius 1 is 1.37 bits per heavy atom. The highest BCUT2D eigenvalue weighted by Crippen LogP contribution is 2.12. The molecule has 0 radical (unpaired) electrons. The van der Waals surface area contributed by atoms with Gasteiger partial charge in [0.25, 0.3) is 0 Å². The third-order valence-corrected chi connectivity index (χ3v) is 3.21. The topological polar surface area (TPSA) is 39.1 Å². The van der Waals surface area contributed by atoms with Crippen molar-refractivity contribution in [3.8, 4) is 0 Å². The second kappa shape index (κ2) is 7.43. The number of rotatable bonds is 7. The summed E-state index contributed by atoms with van der Waals surface area (Å²) in [5, 5.41) is 7.81. The van der Waals surface area contributed by atoms with Crippen molar-refractivity contribution in [3.05, 3.63) is 52.3 Å². The molecule has 2 aromatic rings. The van der Waals surface area contributed by atoms with Gasteiger partial charge in [-0.25, -0.2) is 0 Å². The molecule has 2 rings (SSSR count). The van der Waals surface area contributed by atoms with E-state index in [4.69, 9.17) is 4.74 Å². The summed E-state index contributed by atoms with van der Waals surface area (Å²) in [6.45, 7) is 3.13. The van der Waals surface area contributed by atoms with Crippen molar-refractivity contribution in [2.45, 2.75) is 13.1 Å². The molecule has 0 aliphatic carbocycles. The Labute approximate surface area is 121 Å². The molecule has 5 heteroatoms. The van der Waals surface area contributed by atoms with Crippen molar-refractivity contribution in [2.75, 3.05) is 20.3 Å². The highest BCUT2D eigenvalue weighted by Gasteiger charge is 2.00. The van der Waals surface area contributed by atoms with Crippen LogP contribution in [0.15, 0.2) is 41.0 Å². The Hall–Kier alpha value is -1.17. The van der Waals surface area contributed by atoms with Crippen LogP contribution in [0.4, 0.5) is 0 Å². The molecule has 1 heterocycles. The van der Waals surface area contributed by atoms with Crippen molar-refractivity contribution in [2.24, 2.45) is 0 Å². The van der Waals surface area contributed by atoms with Crippen LogP contribution in [0.5, 0.6) is 0 Å². The summed E-state index contributed by atoms with van der Waals surface area (Å²) in [5.41, 5.74) is 2.28. The fraction of sp³-hybridized carbons (Fsp3) is 0.357. The average molecular weight is 324 g/mol. The van der Waals surface area contributed by atoms with E-state index in [1.807, 2.05) is 29.1 Å². The van der Waals surface area contributed by atoms with Crippen LogP contribution in [0.2, 0.25) is 0 Å². The zero-order valence-corrected chi connectivity index (χ0v) is 12.6. The van der Waals surface area contributed by atoms with Crippen LogP contribution in [0.1, 0.15) is 11.3 Å². The van der Waals surface area contributed by atoms with E-state index in [2.05, 4.69) is 38.5 Å². The van der Waals surface area contributed by atoms with Crippen molar-refractivity contribution < 1.29 is 4.74 Å². The molecule has 0 saturated heterocycles. The average Bonchev–Trinajstić information content (AvgIpc) is 2.82. The smallest absolute Gasteiger partial charge is 0.0762 e. The van der Waals surface area contributed by atoms with Crippen LogP contribution in [-0.2, 0) is 17.8 Å². The Bertz CT molecular complexity index is 513. The standard InChI is InChI=1S/C14H18BrN3O/c1-19-8-6-16-10-14-5-7-18(17-14)11-12-3-2-4-13(15)9-12/h2-5,7,9,16H,6,8,10-11H2,1H3. The Balaban J connectivity index is 1.87. The predicted molar refractivity (Wildman–Crippen MR) is 79.1 cm³/mol. The minimum Gasteiger partial charge on any atom is -0.383 e. The minimum absolute atomic E-state index is 0.721. The third-order valence-electron chi connectivity index (χ3n) is 2.72. The molecule has 0 fully saturated rings. The van der Waals surface area contributed by atoms with Gasteiger partial charge in [-0.3, -0.25) is 4.68 Å². The van der Waals surface area contributed by atoms with Gasteiger partial charge >= 0.3 is 0 Å². The summed E-state index contributed by atoms with van der Waals surface area (Å²) >= 11 is 3.48. The number of ether oxygens (including phenoxy) is 1. The van der Waals surface area contributed by atoms with Crippen LogP contribution < -0.4 is 5.32 Å². The molecule has 0 saturated carbocycles. The summed E-state index contributed by atoms with van der Waals surface area (Å²) in [5.74, 6) is 0. The maximum absolute atomic E-state index is 4.98. The molecule has 0 amide bonds. The van der Waals surface area contributed by atoms with E-state index < -0.39 is 0 Å². The summed E-state index contributed by atoms with van der Waals surface area (Å²) in [7, 11) is 1.70. The Kier molecular flexibility index (Phi) is 5.57. The molecule has 0 aliphatic heterocycles. The molecular formula is C14H18BrN3O. The van der Waals surface area contributed by atoms with Crippen molar-refractivity contribution in [3.63, 3.8) is 0 Å². The second-order valence-corrected chi connectivity index (χ2v) is 5.22. The molecule has 1 N–H and O–H groups in total. The number of hydrogen-bond acceptors (Lipinski definition) is 3. The summed E-state index contributed by atoms with van der Waals surface area (Å²) in [6.07, 6.45) is 2.01. The van der Waals surface area contributed by atoms with Gasteiger partial charge in [0.05, 0.1) is 18.8 Å². The van der Waals surface area contributed by atoms with Gasteiger partial charge in [-0.1, -0.05) is 28.1 Å². The lowest BCUT2D eigenvalue weighted by molar-refractivity contribution is 0.199. The number of halogens is 1. The fourth-order valence-corrected chi connectivity index (χ4v) is 2.25. The SMILES string of the molecule is COCCNCc1ccn(Cc2cccc(Br)c2)n1. The number of aromatic nitrogens is 2. The van der Waals surface area contributed by atoms with Crippen molar-refractivity contribution in [1.82, 2.24) is 15.1 Å². The van der Waals surface area contributed by atoms with Crippen LogP contribution in [-0.4, -0.2) is 30.0 Å². The fourth-order valence-electron chi connectivity index (χ4n) is 1.80. The van der Waals surface area contributed by atoms with Crippen LogP contribution in [0, 0.1) is 0 Å². The third kappa shape index (κ3) is 4.78. The molecule has 4 nitrogen and oxygen atoms in total. The number of nitrogens with zero attached hydrogens (tertiary/aromatic N) is 2. The van der Waals surface area contributed by atoms with Gasteiger partial charge in [-0.2, -0.15) is 5.10 Å². The molecule has 0 unspecified atom stereocenters. The first kappa shape index (κ1) is 14.2. The van der Waals surface area contributed by atoms with E-state index in [1.54, 1.807) is 7.11 Å². The second-order valence-electron chi connectivity index (χ2n) is 4.30. The maximum atomic E-state index is 4.98. The monoisotopic (exact) mass is 323 g/mol. The molecule has 0 atom stereocenters. The first-order valence-corrected chi connectivity index (χ1v) is 7.03. The van der Waals surface area contributed by atoms with Crippen LogP contribution in [0.25, 0.3) is 0 Å². The number of methoxy groups -OCH3 is 1. The highest BCUT2D eigenvalue weighted by molar-refractivity contribution is 9.10. The van der Waals surface area contributed by atoms with Crippen molar-refractivity contribution in [1.29, 1.82) is 0 Å². The quantitative estimate of drug-likeness (QED) is 0.795. The maximum Gasteiger partial charge on any atom is 0.0762 e. The molecule has 0 aliphatic rings. The predicted octanol–water partition coefficient (Wildman–Crippen LogP) is 2.43. The zero-order chi connectivity index (χ0) is 13.5. The molecule has 19 heavy (non-hydrogen) atoms. The van der Waals surface area contributed by atoms with Gasteiger partial charge in [-0.15, -0.1) is 0 Å². The van der Waals surface area contributed by atoms with Gasteiger partial charge in [-0.05, 0) is 23.8 Å². The Morgan fingerprint density at radius 2 is 2.26 bits per heavy atom.